The Labute approximate surface area is 148 Å². The van der Waals surface area contributed by atoms with E-state index in [1.54, 1.807) is 12.1 Å². The lowest BCUT2D eigenvalue weighted by Gasteiger charge is -2.09. The quantitative estimate of drug-likeness (QED) is 0.476. The number of aromatic nitrogens is 2. The first kappa shape index (κ1) is 17.6. The van der Waals surface area contributed by atoms with E-state index in [0.29, 0.717) is 24.5 Å². The van der Waals surface area contributed by atoms with Crippen molar-refractivity contribution in [1.82, 2.24) is 9.55 Å². The Morgan fingerprint density at radius 2 is 1.62 bits per heavy atom. The molecule has 0 N–H and O–H groups in total. The summed E-state index contributed by atoms with van der Waals surface area (Å²) in [5.74, 6) is -0.677. The zero-order chi connectivity index (χ0) is 18.4. The van der Waals surface area contributed by atoms with Crippen LogP contribution in [0.1, 0.15) is 16.9 Å². The van der Waals surface area contributed by atoms with Gasteiger partial charge in [0, 0.05) is 12.1 Å². The van der Waals surface area contributed by atoms with Crippen LogP contribution in [-0.4, -0.2) is 28.7 Å². The summed E-state index contributed by atoms with van der Waals surface area (Å²) in [6.07, 6.45) is 3.33. The van der Waals surface area contributed by atoms with Gasteiger partial charge in [0.05, 0.1) is 25.7 Å². The molecule has 0 bridgehead atoms. The van der Waals surface area contributed by atoms with Crippen molar-refractivity contribution < 1.29 is 23.0 Å². The molecule has 0 spiro atoms. The van der Waals surface area contributed by atoms with E-state index in [1.165, 1.54) is 53.5 Å². The lowest BCUT2D eigenvalue weighted by molar-refractivity contribution is 0.0476. The second-order valence-electron chi connectivity index (χ2n) is 5.42. The minimum Gasteiger partial charge on any atom is -0.493 e. The monoisotopic (exact) mass is 358 g/mol. The third-order valence-electron chi connectivity index (χ3n) is 3.56. The van der Waals surface area contributed by atoms with Gasteiger partial charge in [-0.25, -0.2) is 18.6 Å². The summed E-state index contributed by atoms with van der Waals surface area (Å²) in [6.45, 7) is 0.491. The van der Waals surface area contributed by atoms with Crippen molar-refractivity contribution in [2.75, 3.05) is 13.2 Å². The van der Waals surface area contributed by atoms with Gasteiger partial charge in [-0.3, -0.25) is 4.57 Å². The normalized spacial score (nSPS) is 10.5. The van der Waals surface area contributed by atoms with E-state index in [-0.39, 0.29) is 23.9 Å². The fraction of sp³-hybridized carbons (Fsp3) is 0.158. The molecule has 0 radical (unpaired) electrons. The Hall–Kier alpha value is -3.22. The Morgan fingerprint density at radius 3 is 2.31 bits per heavy atom. The second-order valence-corrected chi connectivity index (χ2v) is 5.42. The van der Waals surface area contributed by atoms with Crippen molar-refractivity contribution in [3.05, 3.63) is 78.4 Å². The third kappa shape index (κ3) is 4.44. The number of carbonyl (C=O) groups excluding carboxylic acids is 1. The molecule has 3 rings (SSSR count). The van der Waals surface area contributed by atoms with Crippen molar-refractivity contribution in [3.63, 3.8) is 0 Å². The van der Waals surface area contributed by atoms with Gasteiger partial charge in [0.25, 0.3) is 0 Å². The van der Waals surface area contributed by atoms with Crippen molar-refractivity contribution in [2.24, 2.45) is 0 Å². The van der Waals surface area contributed by atoms with Gasteiger partial charge in [0.1, 0.15) is 17.4 Å². The van der Waals surface area contributed by atoms with E-state index < -0.39 is 5.97 Å². The Morgan fingerprint density at radius 1 is 0.962 bits per heavy atom. The Balaban J connectivity index is 1.49. The summed E-state index contributed by atoms with van der Waals surface area (Å²) in [4.78, 5) is 16.1. The van der Waals surface area contributed by atoms with Gasteiger partial charge in [0.15, 0.2) is 5.69 Å². The number of halogens is 2. The van der Waals surface area contributed by atoms with Gasteiger partial charge in [-0.2, -0.15) is 0 Å². The molecule has 5 nitrogen and oxygen atoms in total. The van der Waals surface area contributed by atoms with Gasteiger partial charge < -0.3 is 9.47 Å². The van der Waals surface area contributed by atoms with E-state index >= 15 is 0 Å². The van der Waals surface area contributed by atoms with Gasteiger partial charge in [-0.1, -0.05) is 0 Å². The third-order valence-corrected chi connectivity index (χ3v) is 3.56. The molecule has 0 saturated heterocycles. The number of rotatable bonds is 7. The summed E-state index contributed by atoms with van der Waals surface area (Å²) < 4.78 is 38.0. The highest BCUT2D eigenvalue weighted by molar-refractivity contribution is 5.88. The molecule has 7 heteroatoms. The minimum atomic E-state index is -0.534. The molecule has 134 valence electrons. The number of imidazole rings is 1. The average Bonchev–Trinajstić information content (AvgIpc) is 3.13. The van der Waals surface area contributed by atoms with E-state index in [9.17, 15) is 13.6 Å². The summed E-state index contributed by atoms with van der Waals surface area (Å²) in [5, 5.41) is 0. The fourth-order valence-electron chi connectivity index (χ4n) is 2.27. The van der Waals surface area contributed by atoms with Crippen molar-refractivity contribution in [3.8, 4) is 11.4 Å². The number of hydrogen-bond donors (Lipinski definition) is 0. The molecule has 2 aromatic carbocycles. The molecule has 0 unspecified atom stereocenters. The zero-order valence-corrected chi connectivity index (χ0v) is 13.8. The van der Waals surface area contributed by atoms with Gasteiger partial charge in [-0.15, -0.1) is 0 Å². The SMILES string of the molecule is O=C(OCCCOc1ccc(F)cc1)c1cncn1-c1ccc(F)cc1. The predicted molar refractivity (Wildman–Crippen MR) is 90.3 cm³/mol. The summed E-state index contributed by atoms with van der Waals surface area (Å²) in [6, 6.07) is 11.4. The maximum atomic E-state index is 13.0. The van der Waals surface area contributed by atoms with Crippen LogP contribution >= 0.6 is 0 Å². The van der Waals surface area contributed by atoms with Gasteiger partial charge >= 0.3 is 5.97 Å². The maximum absolute atomic E-state index is 13.0. The van der Waals surface area contributed by atoms with Crippen LogP contribution < -0.4 is 4.74 Å². The number of hydrogen-bond acceptors (Lipinski definition) is 4. The number of benzene rings is 2. The molecule has 0 aliphatic rings. The summed E-state index contributed by atoms with van der Waals surface area (Å²) >= 11 is 0. The first-order valence-electron chi connectivity index (χ1n) is 7.97. The van der Waals surface area contributed by atoms with Crippen LogP contribution in [0.5, 0.6) is 5.75 Å². The Bertz CT molecular complexity index is 861. The molecule has 3 aromatic rings. The first-order chi connectivity index (χ1) is 12.6. The lowest BCUT2D eigenvalue weighted by atomic mass is 10.3. The molecule has 0 saturated carbocycles. The van der Waals surface area contributed by atoms with E-state index in [0.717, 1.165) is 0 Å². The highest BCUT2D eigenvalue weighted by Crippen LogP contribution is 2.14. The molecule has 26 heavy (non-hydrogen) atoms. The second kappa shape index (κ2) is 8.24. The van der Waals surface area contributed by atoms with Crippen LogP contribution in [0.4, 0.5) is 8.78 Å². The van der Waals surface area contributed by atoms with Crippen LogP contribution in [0.2, 0.25) is 0 Å². The summed E-state index contributed by atoms with van der Waals surface area (Å²) in [5.41, 5.74) is 0.853. The molecule has 0 amide bonds. The molecular formula is C19H16F2N2O3. The molecule has 0 aliphatic heterocycles. The molecule has 1 aromatic heterocycles. The predicted octanol–water partition coefficient (Wildman–Crippen LogP) is 3.78. The fourth-order valence-corrected chi connectivity index (χ4v) is 2.27. The van der Waals surface area contributed by atoms with Crippen molar-refractivity contribution in [2.45, 2.75) is 6.42 Å². The van der Waals surface area contributed by atoms with E-state index in [4.69, 9.17) is 9.47 Å². The summed E-state index contributed by atoms with van der Waals surface area (Å²) in [7, 11) is 0. The molecular weight excluding hydrogens is 342 g/mol. The molecule has 0 atom stereocenters. The maximum Gasteiger partial charge on any atom is 0.356 e. The lowest BCUT2D eigenvalue weighted by Crippen LogP contribution is -2.13. The van der Waals surface area contributed by atoms with Crippen LogP contribution in [-0.2, 0) is 4.74 Å². The number of carbonyl (C=O) groups is 1. The standard InChI is InChI=1S/C19H16F2N2O3/c20-14-2-6-16(7-3-14)23-13-22-12-18(23)19(24)26-11-1-10-25-17-8-4-15(21)5-9-17/h2-9,12-13H,1,10-11H2. The number of nitrogens with zero attached hydrogens (tertiary/aromatic N) is 2. The topological polar surface area (TPSA) is 53.4 Å². The van der Waals surface area contributed by atoms with Gasteiger partial charge in [0.2, 0.25) is 0 Å². The highest BCUT2D eigenvalue weighted by atomic mass is 19.1. The van der Waals surface area contributed by atoms with Crippen LogP contribution in [0, 0.1) is 11.6 Å². The van der Waals surface area contributed by atoms with E-state index in [2.05, 4.69) is 4.98 Å². The van der Waals surface area contributed by atoms with Crippen LogP contribution in [0.15, 0.2) is 61.1 Å². The number of esters is 1. The molecule has 0 aliphatic carbocycles. The first-order valence-corrected chi connectivity index (χ1v) is 7.97. The number of ether oxygens (including phenoxy) is 2. The van der Waals surface area contributed by atoms with Crippen molar-refractivity contribution >= 4 is 5.97 Å². The minimum absolute atomic E-state index is 0.161. The Kier molecular flexibility index (Phi) is 5.58. The van der Waals surface area contributed by atoms with Gasteiger partial charge in [-0.05, 0) is 48.5 Å². The van der Waals surface area contributed by atoms with Crippen LogP contribution in [0.25, 0.3) is 5.69 Å². The zero-order valence-electron chi connectivity index (χ0n) is 13.8. The smallest absolute Gasteiger partial charge is 0.356 e. The van der Waals surface area contributed by atoms with E-state index in [1.807, 2.05) is 0 Å². The average molecular weight is 358 g/mol. The molecule has 0 fully saturated rings. The molecule has 1 heterocycles. The largest absolute Gasteiger partial charge is 0.493 e. The van der Waals surface area contributed by atoms with Crippen LogP contribution in [0.3, 0.4) is 0 Å². The van der Waals surface area contributed by atoms with Crippen molar-refractivity contribution in [1.29, 1.82) is 0 Å². The highest BCUT2D eigenvalue weighted by Gasteiger charge is 2.14.